The fourth-order valence-corrected chi connectivity index (χ4v) is 2.38. The van der Waals surface area contributed by atoms with Crippen molar-refractivity contribution >= 4 is 28.3 Å². The topological polar surface area (TPSA) is 101 Å². The molecule has 2 N–H and O–H groups in total. The second-order valence-corrected chi connectivity index (χ2v) is 5.58. The number of fused-ring (bicyclic) bond motifs is 1. The third-order valence-electron chi connectivity index (χ3n) is 3.75. The number of carbonyl (C=O) groups is 2. The number of rotatable bonds is 4. The highest BCUT2D eigenvalue weighted by atomic mass is 19.1. The summed E-state index contributed by atoms with van der Waals surface area (Å²) in [5, 5.41) is 8.36. The molecule has 1 amide bonds. The predicted molar refractivity (Wildman–Crippen MR) is 92.2 cm³/mol. The number of para-hydroxylation sites is 1. The van der Waals surface area contributed by atoms with Gasteiger partial charge in [-0.15, -0.1) is 0 Å². The van der Waals surface area contributed by atoms with Gasteiger partial charge >= 0.3 is 5.97 Å². The number of anilines is 1. The minimum absolute atomic E-state index is 0.193. The van der Waals surface area contributed by atoms with E-state index in [0.29, 0.717) is 0 Å². The minimum atomic E-state index is -1.37. The zero-order chi connectivity index (χ0) is 19.6. The molecule has 0 fully saturated rings. The number of aromatic nitrogens is 2. The number of amides is 1. The van der Waals surface area contributed by atoms with Crippen LogP contribution in [0.5, 0.6) is 0 Å². The molecule has 9 heteroatoms. The Bertz CT molecular complexity index is 1080. The van der Waals surface area contributed by atoms with Gasteiger partial charge in [0.1, 0.15) is 17.3 Å². The molecular formula is C18H13F2N3O4. The highest BCUT2D eigenvalue weighted by Crippen LogP contribution is 2.19. The van der Waals surface area contributed by atoms with Gasteiger partial charge in [-0.2, -0.15) is 5.10 Å². The molecule has 3 rings (SSSR count). The number of nitrogens with zero attached hydrogens (tertiary/aromatic N) is 1. The molecule has 0 aliphatic rings. The number of nitrogens with one attached hydrogen (secondary N) is 2. The summed E-state index contributed by atoms with van der Waals surface area (Å²) in [6, 6.07) is 9.34. The molecule has 0 radical (unpaired) electrons. The molecule has 1 aromatic heterocycles. The minimum Gasteiger partial charge on any atom is -0.448 e. The van der Waals surface area contributed by atoms with E-state index in [9.17, 15) is 23.2 Å². The Labute approximate surface area is 151 Å². The second-order valence-electron chi connectivity index (χ2n) is 5.58. The summed E-state index contributed by atoms with van der Waals surface area (Å²) < 4.78 is 32.2. The van der Waals surface area contributed by atoms with Gasteiger partial charge in [-0.05, 0) is 25.1 Å². The largest absolute Gasteiger partial charge is 0.448 e. The SMILES string of the molecule is C[C@H](OC(=O)c1n[nH]c(=O)c2ccccc12)C(=O)Nc1c(F)cccc1F. The standard InChI is InChI=1S/C18H13F2N3O4/c1-9(16(24)21-15-12(19)7-4-8-13(15)20)27-18(26)14-10-5-2-3-6-11(10)17(25)23-22-14/h2-9H,1H3,(H,21,24)(H,23,25)/t9-/m0/s1. The van der Waals surface area contributed by atoms with Gasteiger partial charge in [0.15, 0.2) is 11.8 Å². The summed E-state index contributed by atoms with van der Waals surface area (Å²) in [5.41, 5.74) is -1.32. The van der Waals surface area contributed by atoms with E-state index < -0.39 is 40.9 Å². The highest BCUT2D eigenvalue weighted by Gasteiger charge is 2.23. The van der Waals surface area contributed by atoms with Gasteiger partial charge < -0.3 is 10.1 Å². The fourth-order valence-electron chi connectivity index (χ4n) is 2.38. The van der Waals surface area contributed by atoms with E-state index in [1.807, 2.05) is 5.32 Å². The molecule has 138 valence electrons. The van der Waals surface area contributed by atoms with Crippen molar-refractivity contribution in [3.05, 3.63) is 70.1 Å². The number of esters is 1. The predicted octanol–water partition coefficient (Wildman–Crippen LogP) is 2.39. The zero-order valence-electron chi connectivity index (χ0n) is 14.0. The van der Waals surface area contributed by atoms with Gasteiger partial charge in [0, 0.05) is 5.39 Å². The number of aromatic amines is 1. The average Bonchev–Trinajstić information content (AvgIpc) is 2.65. The number of H-pyrrole nitrogens is 1. The Hall–Kier alpha value is -3.62. The number of ether oxygens (including phenoxy) is 1. The Morgan fingerprint density at radius 3 is 2.37 bits per heavy atom. The van der Waals surface area contributed by atoms with Crippen LogP contribution in [-0.4, -0.2) is 28.2 Å². The first-order valence-corrected chi connectivity index (χ1v) is 7.81. The van der Waals surface area contributed by atoms with Crippen LogP contribution < -0.4 is 10.9 Å². The first-order chi connectivity index (χ1) is 12.9. The van der Waals surface area contributed by atoms with Crippen LogP contribution in [0.3, 0.4) is 0 Å². The summed E-state index contributed by atoms with van der Waals surface area (Å²) in [6.45, 7) is 1.24. The molecule has 0 aliphatic carbocycles. The number of benzene rings is 2. The van der Waals surface area contributed by atoms with E-state index in [-0.39, 0.29) is 16.5 Å². The van der Waals surface area contributed by atoms with E-state index >= 15 is 0 Å². The molecule has 27 heavy (non-hydrogen) atoms. The lowest BCUT2D eigenvalue weighted by molar-refractivity contribution is -0.123. The maximum Gasteiger partial charge on any atom is 0.360 e. The lowest BCUT2D eigenvalue weighted by atomic mass is 10.1. The Balaban J connectivity index is 1.79. The van der Waals surface area contributed by atoms with E-state index in [0.717, 1.165) is 18.2 Å². The van der Waals surface area contributed by atoms with Gasteiger partial charge in [-0.1, -0.05) is 24.3 Å². The van der Waals surface area contributed by atoms with Gasteiger partial charge in [-0.25, -0.2) is 18.7 Å². The first kappa shape index (κ1) is 18.2. The third kappa shape index (κ3) is 3.66. The average molecular weight is 373 g/mol. The quantitative estimate of drug-likeness (QED) is 0.684. The highest BCUT2D eigenvalue weighted by molar-refractivity contribution is 6.03. The van der Waals surface area contributed by atoms with Gasteiger partial charge in [0.25, 0.3) is 11.5 Å². The number of hydrogen-bond acceptors (Lipinski definition) is 5. The molecule has 0 bridgehead atoms. The summed E-state index contributed by atoms with van der Waals surface area (Å²) in [7, 11) is 0. The first-order valence-electron chi connectivity index (χ1n) is 7.81. The molecule has 1 heterocycles. The maximum atomic E-state index is 13.6. The molecule has 0 saturated carbocycles. The summed E-state index contributed by atoms with van der Waals surface area (Å²) in [5.74, 6) is -3.83. The zero-order valence-corrected chi connectivity index (χ0v) is 14.0. The molecule has 0 unspecified atom stereocenters. The van der Waals surface area contributed by atoms with Crippen LogP contribution in [-0.2, 0) is 9.53 Å². The van der Waals surface area contributed by atoms with Crippen LogP contribution >= 0.6 is 0 Å². The van der Waals surface area contributed by atoms with Crippen LogP contribution in [0, 0.1) is 11.6 Å². The van der Waals surface area contributed by atoms with Crippen LogP contribution in [0.25, 0.3) is 10.8 Å². The Morgan fingerprint density at radius 1 is 1.07 bits per heavy atom. The molecule has 0 saturated heterocycles. The van der Waals surface area contributed by atoms with Crippen LogP contribution in [0.2, 0.25) is 0 Å². The Morgan fingerprint density at radius 2 is 1.70 bits per heavy atom. The van der Waals surface area contributed by atoms with Crippen molar-refractivity contribution in [2.45, 2.75) is 13.0 Å². The van der Waals surface area contributed by atoms with E-state index in [2.05, 4.69) is 10.2 Å². The summed E-state index contributed by atoms with van der Waals surface area (Å²) in [6.07, 6.45) is -1.37. The number of hydrogen-bond donors (Lipinski definition) is 2. The van der Waals surface area contributed by atoms with Crippen molar-refractivity contribution in [2.75, 3.05) is 5.32 Å². The number of halogens is 2. The third-order valence-corrected chi connectivity index (χ3v) is 3.75. The van der Waals surface area contributed by atoms with Crippen molar-refractivity contribution in [3.8, 4) is 0 Å². The lowest BCUT2D eigenvalue weighted by Gasteiger charge is -2.14. The smallest absolute Gasteiger partial charge is 0.360 e. The maximum absolute atomic E-state index is 13.6. The molecule has 2 aromatic carbocycles. The molecule has 1 atom stereocenters. The lowest BCUT2D eigenvalue weighted by Crippen LogP contribution is -2.31. The van der Waals surface area contributed by atoms with Gasteiger partial charge in [-0.3, -0.25) is 9.59 Å². The van der Waals surface area contributed by atoms with Crippen molar-refractivity contribution in [3.63, 3.8) is 0 Å². The van der Waals surface area contributed by atoms with Gasteiger partial charge in [0.2, 0.25) is 0 Å². The fraction of sp³-hybridized carbons (Fsp3) is 0.111. The Kier molecular flexibility index (Phi) is 4.93. The molecule has 0 aliphatic heterocycles. The van der Waals surface area contributed by atoms with Crippen LogP contribution in [0.4, 0.5) is 14.5 Å². The van der Waals surface area contributed by atoms with Crippen molar-refractivity contribution in [1.82, 2.24) is 10.2 Å². The van der Waals surface area contributed by atoms with Crippen molar-refractivity contribution in [1.29, 1.82) is 0 Å². The molecule has 0 spiro atoms. The van der Waals surface area contributed by atoms with Gasteiger partial charge in [0.05, 0.1) is 5.39 Å². The second kappa shape index (κ2) is 7.32. The summed E-state index contributed by atoms with van der Waals surface area (Å²) in [4.78, 5) is 36.2. The van der Waals surface area contributed by atoms with Crippen LogP contribution in [0.1, 0.15) is 17.4 Å². The van der Waals surface area contributed by atoms with Crippen molar-refractivity contribution < 1.29 is 23.1 Å². The monoisotopic (exact) mass is 373 g/mol. The molecule has 3 aromatic rings. The van der Waals surface area contributed by atoms with E-state index in [1.54, 1.807) is 12.1 Å². The molecular weight excluding hydrogens is 360 g/mol. The summed E-state index contributed by atoms with van der Waals surface area (Å²) >= 11 is 0. The van der Waals surface area contributed by atoms with Crippen molar-refractivity contribution in [2.24, 2.45) is 0 Å². The molecule has 7 nitrogen and oxygen atoms in total. The normalized spacial score (nSPS) is 11.8. The van der Waals surface area contributed by atoms with Crippen LogP contribution in [0.15, 0.2) is 47.3 Å². The van der Waals surface area contributed by atoms with E-state index in [1.165, 1.54) is 19.1 Å². The van der Waals surface area contributed by atoms with E-state index in [4.69, 9.17) is 4.74 Å². The number of carbonyl (C=O) groups excluding carboxylic acids is 2.